The van der Waals surface area contributed by atoms with E-state index in [4.69, 9.17) is 11.1 Å². The van der Waals surface area contributed by atoms with E-state index in [1.807, 2.05) is 12.1 Å². The molecule has 0 amide bonds. The van der Waals surface area contributed by atoms with Gasteiger partial charge in [0.15, 0.2) is 0 Å². The minimum absolute atomic E-state index is 0.221. The summed E-state index contributed by atoms with van der Waals surface area (Å²) in [6.45, 7) is 0.715. The summed E-state index contributed by atoms with van der Waals surface area (Å²) in [5.74, 6) is 0.221. The molecule has 3 nitrogen and oxygen atoms in total. The summed E-state index contributed by atoms with van der Waals surface area (Å²) in [6.07, 6.45) is 2.64. The number of nitrogens with one attached hydrogen (secondary N) is 2. The number of thioether (sulfide) groups is 1. The van der Waals surface area contributed by atoms with Crippen LogP contribution in [0, 0.1) is 5.41 Å². The zero-order valence-electron chi connectivity index (χ0n) is 8.21. The van der Waals surface area contributed by atoms with Gasteiger partial charge >= 0.3 is 0 Å². The van der Waals surface area contributed by atoms with E-state index in [2.05, 4.69) is 23.7 Å². The van der Waals surface area contributed by atoms with Crippen LogP contribution in [0.15, 0.2) is 29.2 Å². The molecule has 0 saturated heterocycles. The summed E-state index contributed by atoms with van der Waals surface area (Å²) in [4.78, 5) is 1.23. The normalized spacial score (nSPS) is 9.79. The second-order valence-corrected chi connectivity index (χ2v) is 3.81. The largest absolute Gasteiger partial charge is 0.388 e. The summed E-state index contributed by atoms with van der Waals surface area (Å²) in [6, 6.07) is 8.19. The Morgan fingerprint density at radius 3 is 3.00 bits per heavy atom. The fourth-order valence-corrected chi connectivity index (χ4v) is 1.53. The van der Waals surface area contributed by atoms with E-state index in [0.717, 1.165) is 5.69 Å². The molecule has 0 aliphatic rings. The third-order valence-corrected chi connectivity index (χ3v) is 2.52. The predicted molar refractivity (Wildman–Crippen MR) is 63.2 cm³/mol. The number of hydrogen-bond donors (Lipinski definition) is 3. The van der Waals surface area contributed by atoms with Crippen LogP contribution in [0.25, 0.3) is 0 Å². The molecule has 0 aromatic heterocycles. The van der Waals surface area contributed by atoms with Gasteiger partial charge < -0.3 is 11.1 Å². The van der Waals surface area contributed by atoms with Crippen LogP contribution in [0.3, 0.4) is 0 Å². The summed E-state index contributed by atoms with van der Waals surface area (Å²) in [5.41, 5.74) is 6.33. The van der Waals surface area contributed by atoms with E-state index < -0.39 is 0 Å². The molecule has 4 N–H and O–H groups in total. The Kier molecular flexibility index (Phi) is 4.32. The molecule has 1 aromatic rings. The van der Waals surface area contributed by atoms with Gasteiger partial charge in [-0.3, -0.25) is 5.41 Å². The van der Waals surface area contributed by atoms with Crippen LogP contribution in [0.5, 0.6) is 0 Å². The van der Waals surface area contributed by atoms with Gasteiger partial charge in [0.2, 0.25) is 0 Å². The molecule has 0 aliphatic carbocycles. The molecule has 14 heavy (non-hydrogen) atoms. The standard InChI is InChI=1S/C10H15N3S/c1-14-9-4-2-3-8(7-9)13-6-5-10(11)12/h2-4,7,13H,5-6H2,1H3,(H3,11,12). The molecule has 1 rings (SSSR count). The van der Waals surface area contributed by atoms with Crippen molar-refractivity contribution in [2.24, 2.45) is 5.73 Å². The molecule has 0 bridgehead atoms. The lowest BCUT2D eigenvalue weighted by molar-refractivity contribution is 1.08. The Balaban J connectivity index is 2.46. The highest BCUT2D eigenvalue weighted by Gasteiger charge is 1.94. The van der Waals surface area contributed by atoms with Gasteiger partial charge in [-0.25, -0.2) is 0 Å². The zero-order valence-corrected chi connectivity index (χ0v) is 9.03. The average Bonchev–Trinajstić information content (AvgIpc) is 2.18. The summed E-state index contributed by atoms with van der Waals surface area (Å²) < 4.78 is 0. The van der Waals surface area contributed by atoms with Crippen molar-refractivity contribution in [1.29, 1.82) is 5.41 Å². The lowest BCUT2D eigenvalue weighted by Crippen LogP contribution is -2.15. The van der Waals surface area contributed by atoms with E-state index in [1.165, 1.54) is 4.90 Å². The lowest BCUT2D eigenvalue weighted by Gasteiger charge is -2.06. The third kappa shape index (κ3) is 3.70. The van der Waals surface area contributed by atoms with Gasteiger partial charge in [0, 0.05) is 23.5 Å². The van der Waals surface area contributed by atoms with E-state index in [-0.39, 0.29) is 5.84 Å². The first kappa shape index (κ1) is 10.9. The minimum Gasteiger partial charge on any atom is -0.388 e. The van der Waals surface area contributed by atoms with Crippen molar-refractivity contribution in [3.8, 4) is 0 Å². The molecule has 0 heterocycles. The molecule has 0 saturated carbocycles. The van der Waals surface area contributed by atoms with Crippen molar-refractivity contribution in [2.45, 2.75) is 11.3 Å². The van der Waals surface area contributed by atoms with Crippen LogP contribution in [-0.4, -0.2) is 18.6 Å². The lowest BCUT2D eigenvalue weighted by atomic mass is 10.3. The molecule has 4 heteroatoms. The van der Waals surface area contributed by atoms with Crippen LogP contribution in [0.4, 0.5) is 5.69 Å². The van der Waals surface area contributed by atoms with Crippen LogP contribution >= 0.6 is 11.8 Å². The number of nitrogens with two attached hydrogens (primary N) is 1. The Labute approximate surface area is 88.6 Å². The van der Waals surface area contributed by atoms with Gasteiger partial charge in [-0.2, -0.15) is 0 Å². The van der Waals surface area contributed by atoms with E-state index in [9.17, 15) is 0 Å². The zero-order chi connectivity index (χ0) is 10.4. The molecule has 0 aliphatic heterocycles. The topological polar surface area (TPSA) is 61.9 Å². The fourth-order valence-electron chi connectivity index (χ4n) is 1.07. The molecule has 0 radical (unpaired) electrons. The van der Waals surface area contributed by atoms with Gasteiger partial charge in [0.25, 0.3) is 0 Å². The number of rotatable bonds is 5. The molecular weight excluding hydrogens is 194 g/mol. The fraction of sp³-hybridized carbons (Fsp3) is 0.300. The van der Waals surface area contributed by atoms with Gasteiger partial charge in [-0.1, -0.05) is 6.07 Å². The van der Waals surface area contributed by atoms with Crippen molar-refractivity contribution in [3.05, 3.63) is 24.3 Å². The molecule has 76 valence electrons. The molecular formula is C10H15N3S. The number of anilines is 1. The van der Waals surface area contributed by atoms with Crippen molar-refractivity contribution < 1.29 is 0 Å². The predicted octanol–water partition coefficient (Wildman–Crippen LogP) is 2.15. The van der Waals surface area contributed by atoms with Crippen LogP contribution in [0.2, 0.25) is 0 Å². The summed E-state index contributed by atoms with van der Waals surface area (Å²) in [7, 11) is 0. The Bertz CT molecular complexity index is 312. The van der Waals surface area contributed by atoms with Gasteiger partial charge in [-0.15, -0.1) is 11.8 Å². The highest BCUT2D eigenvalue weighted by molar-refractivity contribution is 7.98. The van der Waals surface area contributed by atoms with Crippen LogP contribution in [-0.2, 0) is 0 Å². The molecule has 0 fully saturated rings. The molecule has 0 atom stereocenters. The Hall–Kier alpha value is -1.16. The SMILES string of the molecule is CSc1cccc(NCCC(=N)N)c1. The van der Waals surface area contributed by atoms with E-state index >= 15 is 0 Å². The van der Waals surface area contributed by atoms with Gasteiger partial charge in [0.1, 0.15) is 0 Å². The Morgan fingerprint density at radius 2 is 2.36 bits per heavy atom. The first-order valence-corrected chi connectivity index (χ1v) is 5.65. The first-order chi connectivity index (χ1) is 6.72. The number of hydrogen-bond acceptors (Lipinski definition) is 3. The minimum atomic E-state index is 0.221. The van der Waals surface area contributed by atoms with Crippen LogP contribution in [0.1, 0.15) is 6.42 Å². The number of benzene rings is 1. The average molecular weight is 209 g/mol. The first-order valence-electron chi connectivity index (χ1n) is 4.43. The highest BCUT2D eigenvalue weighted by atomic mass is 32.2. The monoisotopic (exact) mass is 209 g/mol. The summed E-state index contributed by atoms with van der Waals surface area (Å²) >= 11 is 1.72. The van der Waals surface area contributed by atoms with Crippen LogP contribution < -0.4 is 11.1 Å². The smallest absolute Gasteiger partial charge is 0.0923 e. The Morgan fingerprint density at radius 1 is 1.57 bits per heavy atom. The highest BCUT2D eigenvalue weighted by Crippen LogP contribution is 2.18. The molecule has 0 spiro atoms. The maximum Gasteiger partial charge on any atom is 0.0923 e. The summed E-state index contributed by atoms with van der Waals surface area (Å²) in [5, 5.41) is 10.3. The molecule has 1 aromatic carbocycles. The second-order valence-electron chi connectivity index (χ2n) is 2.93. The maximum atomic E-state index is 7.07. The number of amidine groups is 1. The van der Waals surface area contributed by atoms with Crippen molar-refractivity contribution in [2.75, 3.05) is 18.1 Å². The third-order valence-electron chi connectivity index (χ3n) is 1.79. The maximum absolute atomic E-state index is 7.07. The van der Waals surface area contributed by atoms with Crippen molar-refractivity contribution in [3.63, 3.8) is 0 Å². The van der Waals surface area contributed by atoms with Crippen molar-refractivity contribution in [1.82, 2.24) is 0 Å². The van der Waals surface area contributed by atoms with Gasteiger partial charge in [-0.05, 0) is 24.5 Å². The quantitative estimate of drug-likeness (QED) is 0.395. The van der Waals surface area contributed by atoms with Crippen molar-refractivity contribution >= 4 is 23.3 Å². The van der Waals surface area contributed by atoms with Gasteiger partial charge in [0.05, 0.1) is 5.84 Å². The second kappa shape index (κ2) is 5.54. The molecule has 0 unspecified atom stereocenters. The van der Waals surface area contributed by atoms with E-state index in [1.54, 1.807) is 11.8 Å². The van der Waals surface area contributed by atoms with E-state index in [0.29, 0.717) is 13.0 Å².